The van der Waals surface area contributed by atoms with E-state index in [1.165, 1.54) is 0 Å². The maximum absolute atomic E-state index is 6.40. The van der Waals surface area contributed by atoms with Crippen molar-refractivity contribution in [2.45, 2.75) is 38.9 Å². The maximum atomic E-state index is 6.40. The molecular weight excluding hydrogens is 497 g/mol. The van der Waals surface area contributed by atoms with Crippen LogP contribution in [0.4, 0.5) is 0 Å². The second-order valence-electron chi connectivity index (χ2n) is 11.2. The molecule has 0 spiro atoms. The Hall–Kier alpha value is -4.33. The van der Waals surface area contributed by atoms with Crippen molar-refractivity contribution < 1.29 is 13.7 Å². The highest BCUT2D eigenvalue weighted by molar-refractivity contribution is 6.65. The van der Waals surface area contributed by atoms with Gasteiger partial charge in [0, 0.05) is 32.9 Å². The van der Waals surface area contributed by atoms with E-state index in [-0.39, 0.29) is 0 Å². The smallest absolute Gasteiger partial charge is 0.456 e. The van der Waals surface area contributed by atoms with Crippen LogP contribution >= 0.6 is 0 Å². The molecule has 0 bridgehead atoms. The molecule has 6 nitrogen and oxygen atoms in total. The second kappa shape index (κ2) is 9.12. The van der Waals surface area contributed by atoms with Gasteiger partial charge in [0.2, 0.25) is 0 Å². The van der Waals surface area contributed by atoms with Gasteiger partial charge in [-0.2, -0.15) is 0 Å². The number of para-hydroxylation sites is 1. The molecule has 0 N–H and O–H groups in total. The minimum absolute atomic E-state index is 0.440. The number of nitrogens with zero attached hydrogens (tertiary/aromatic N) is 3. The van der Waals surface area contributed by atoms with Gasteiger partial charge in [0.25, 0.3) is 0 Å². The Morgan fingerprint density at radius 1 is 0.550 bits per heavy atom. The number of aromatic nitrogens is 3. The Labute approximate surface area is 233 Å². The van der Waals surface area contributed by atoms with Gasteiger partial charge < -0.3 is 13.7 Å². The van der Waals surface area contributed by atoms with Crippen molar-refractivity contribution >= 4 is 34.5 Å². The lowest BCUT2D eigenvalue weighted by atomic mass is 9.78. The summed E-state index contributed by atoms with van der Waals surface area (Å²) in [4.78, 5) is 14.6. The minimum Gasteiger partial charge on any atom is -0.456 e. The normalized spacial score (nSPS) is 16.1. The Balaban J connectivity index is 1.37. The van der Waals surface area contributed by atoms with Crippen molar-refractivity contribution in [2.75, 3.05) is 0 Å². The molecule has 0 saturated carbocycles. The molecule has 1 fully saturated rings. The van der Waals surface area contributed by atoms with Crippen LogP contribution in [0.5, 0.6) is 0 Å². The summed E-state index contributed by atoms with van der Waals surface area (Å²) in [6.45, 7) is 8.22. The lowest BCUT2D eigenvalue weighted by Gasteiger charge is -2.32. The van der Waals surface area contributed by atoms with Crippen LogP contribution in [-0.2, 0) is 9.31 Å². The van der Waals surface area contributed by atoms with Gasteiger partial charge in [-0.05, 0) is 45.9 Å². The zero-order valence-corrected chi connectivity index (χ0v) is 22.9. The van der Waals surface area contributed by atoms with E-state index in [2.05, 4.69) is 39.8 Å². The largest absolute Gasteiger partial charge is 0.498 e. The van der Waals surface area contributed by atoms with Gasteiger partial charge >= 0.3 is 7.12 Å². The topological polar surface area (TPSA) is 70.3 Å². The van der Waals surface area contributed by atoms with Crippen LogP contribution in [0.3, 0.4) is 0 Å². The highest BCUT2D eigenvalue weighted by Crippen LogP contribution is 2.38. The zero-order chi connectivity index (χ0) is 27.5. The van der Waals surface area contributed by atoms with Crippen molar-refractivity contribution in [3.8, 4) is 34.2 Å². The molecule has 6 aromatic rings. The van der Waals surface area contributed by atoms with Crippen molar-refractivity contribution in [1.29, 1.82) is 0 Å². The summed E-state index contributed by atoms with van der Waals surface area (Å²) < 4.78 is 19.1. The third-order valence-electron chi connectivity index (χ3n) is 7.99. The van der Waals surface area contributed by atoms with Crippen molar-refractivity contribution in [2.24, 2.45) is 0 Å². The van der Waals surface area contributed by atoms with E-state index in [9.17, 15) is 0 Å². The standard InChI is InChI=1S/C33H28BN3O3/c1-32(2)33(3,4)40-34(39-32)26-17-11-16-24-25-20-23(18-19-27(25)38-28(24)26)31-36-29(21-12-7-5-8-13-21)35-30(37-31)22-14-9-6-10-15-22/h5-20H,1-4H3. The SMILES string of the molecule is CC1(C)OB(c2cccc3c2oc2ccc(-c4nc(-c5ccccc5)nc(-c5ccccc5)n4)cc23)OC1(C)C. The second-order valence-corrected chi connectivity index (χ2v) is 11.2. The Morgan fingerprint density at radius 2 is 1.10 bits per heavy atom. The molecule has 7 heteroatoms. The van der Waals surface area contributed by atoms with Crippen molar-refractivity contribution in [1.82, 2.24) is 15.0 Å². The van der Waals surface area contributed by atoms with Gasteiger partial charge in [-0.3, -0.25) is 0 Å². The van der Waals surface area contributed by atoms with Gasteiger partial charge in [0.1, 0.15) is 11.2 Å². The molecule has 40 heavy (non-hydrogen) atoms. The Morgan fingerprint density at radius 3 is 1.68 bits per heavy atom. The number of benzene rings is 4. The van der Waals surface area contributed by atoms with Crippen LogP contribution in [0.1, 0.15) is 27.7 Å². The molecule has 4 aromatic carbocycles. The first-order valence-electron chi connectivity index (χ1n) is 13.5. The van der Waals surface area contributed by atoms with Crippen LogP contribution in [0.15, 0.2) is 101 Å². The minimum atomic E-state index is -0.515. The molecule has 196 valence electrons. The van der Waals surface area contributed by atoms with E-state index in [0.717, 1.165) is 44.1 Å². The molecule has 1 aliphatic rings. The average Bonchev–Trinajstić information content (AvgIpc) is 3.45. The highest BCUT2D eigenvalue weighted by atomic mass is 16.7. The van der Waals surface area contributed by atoms with Crippen LogP contribution < -0.4 is 5.46 Å². The fourth-order valence-electron chi connectivity index (χ4n) is 5.05. The third-order valence-corrected chi connectivity index (χ3v) is 7.99. The summed E-state index contributed by atoms with van der Waals surface area (Å²) in [5.41, 5.74) is 4.30. The zero-order valence-electron chi connectivity index (χ0n) is 22.9. The van der Waals surface area contributed by atoms with E-state index in [1.807, 2.05) is 84.9 Å². The summed E-state index contributed by atoms with van der Waals surface area (Å²) in [6, 6.07) is 32.1. The molecule has 1 saturated heterocycles. The molecule has 0 atom stereocenters. The first-order valence-corrected chi connectivity index (χ1v) is 13.5. The molecule has 0 unspecified atom stereocenters. The molecule has 3 heterocycles. The fourth-order valence-corrected chi connectivity index (χ4v) is 5.05. The van der Waals surface area contributed by atoms with Gasteiger partial charge in [-0.1, -0.05) is 78.9 Å². The first kappa shape index (κ1) is 24.7. The van der Waals surface area contributed by atoms with Crippen LogP contribution in [0.2, 0.25) is 0 Å². The quantitative estimate of drug-likeness (QED) is 0.229. The first-order chi connectivity index (χ1) is 19.3. The van der Waals surface area contributed by atoms with Crippen LogP contribution in [0, 0.1) is 0 Å². The predicted octanol–water partition coefficient (Wildman–Crippen LogP) is 7.07. The van der Waals surface area contributed by atoms with Crippen molar-refractivity contribution in [3.05, 3.63) is 97.1 Å². The summed E-state index contributed by atoms with van der Waals surface area (Å²) in [5, 5.41) is 1.97. The summed E-state index contributed by atoms with van der Waals surface area (Å²) in [6.07, 6.45) is 0. The number of hydrogen-bond acceptors (Lipinski definition) is 6. The lowest BCUT2D eigenvalue weighted by molar-refractivity contribution is 0.00578. The Kier molecular flexibility index (Phi) is 5.63. The number of hydrogen-bond donors (Lipinski definition) is 0. The maximum Gasteiger partial charge on any atom is 0.498 e. The molecule has 1 aliphatic heterocycles. The Bertz CT molecular complexity index is 1790. The molecule has 0 radical (unpaired) electrons. The lowest BCUT2D eigenvalue weighted by Crippen LogP contribution is -2.41. The third kappa shape index (κ3) is 4.10. The van der Waals surface area contributed by atoms with E-state index in [1.54, 1.807) is 0 Å². The van der Waals surface area contributed by atoms with Gasteiger partial charge in [-0.25, -0.2) is 15.0 Å². The fraction of sp³-hybridized carbons (Fsp3) is 0.182. The van der Waals surface area contributed by atoms with E-state index < -0.39 is 18.3 Å². The number of rotatable bonds is 4. The van der Waals surface area contributed by atoms with E-state index in [4.69, 9.17) is 28.7 Å². The number of furan rings is 1. The molecule has 7 rings (SSSR count). The predicted molar refractivity (Wildman–Crippen MR) is 159 cm³/mol. The summed E-state index contributed by atoms with van der Waals surface area (Å²) >= 11 is 0. The molecule has 0 amide bonds. The summed E-state index contributed by atoms with van der Waals surface area (Å²) in [5.74, 6) is 1.86. The molecule has 2 aromatic heterocycles. The van der Waals surface area contributed by atoms with Gasteiger partial charge in [0.05, 0.1) is 11.2 Å². The monoisotopic (exact) mass is 525 g/mol. The van der Waals surface area contributed by atoms with E-state index in [0.29, 0.717) is 17.5 Å². The van der Waals surface area contributed by atoms with Gasteiger partial charge in [-0.15, -0.1) is 0 Å². The van der Waals surface area contributed by atoms with E-state index >= 15 is 0 Å². The molecular formula is C33H28BN3O3. The van der Waals surface area contributed by atoms with Crippen molar-refractivity contribution in [3.63, 3.8) is 0 Å². The average molecular weight is 525 g/mol. The number of fused-ring (bicyclic) bond motifs is 3. The van der Waals surface area contributed by atoms with Crippen LogP contribution in [0.25, 0.3) is 56.1 Å². The molecule has 0 aliphatic carbocycles. The van der Waals surface area contributed by atoms with Gasteiger partial charge in [0.15, 0.2) is 17.5 Å². The van der Waals surface area contributed by atoms with Crippen LogP contribution in [-0.4, -0.2) is 33.3 Å². The highest BCUT2D eigenvalue weighted by Gasteiger charge is 2.52. The summed E-state index contributed by atoms with van der Waals surface area (Å²) in [7, 11) is -0.515.